The van der Waals surface area contributed by atoms with E-state index in [1.165, 1.54) is 0 Å². The highest BCUT2D eigenvalue weighted by atomic mass is 32.2. The second-order valence-electron chi connectivity index (χ2n) is 5.21. The van der Waals surface area contributed by atoms with Gasteiger partial charge in [0.2, 0.25) is 0 Å². The van der Waals surface area contributed by atoms with Gasteiger partial charge in [-0.15, -0.1) is 0 Å². The molecule has 0 spiro atoms. The lowest BCUT2D eigenvalue weighted by molar-refractivity contribution is 0.162. The van der Waals surface area contributed by atoms with Crippen LogP contribution in [0.15, 0.2) is 0 Å². The molecule has 0 bridgehead atoms. The Morgan fingerprint density at radius 2 is 1.47 bits per heavy atom. The predicted octanol–water partition coefficient (Wildman–Crippen LogP) is 0.247. The third-order valence-corrected chi connectivity index (χ3v) is 6.01. The second kappa shape index (κ2) is 6.18. The van der Waals surface area contributed by atoms with Crippen molar-refractivity contribution < 1.29 is 8.42 Å². The Labute approximate surface area is 115 Å². The van der Waals surface area contributed by atoms with E-state index in [0.29, 0.717) is 39.3 Å². The van der Waals surface area contributed by atoms with Crippen LogP contribution in [0, 0.1) is 11.3 Å². The normalized spacial score (nSPS) is 25.9. The van der Waals surface area contributed by atoms with Crippen molar-refractivity contribution in [2.75, 3.05) is 39.3 Å². The summed E-state index contributed by atoms with van der Waals surface area (Å²) in [6, 6.07) is 2.06. The number of nitrogens with zero attached hydrogens (tertiary/aromatic N) is 4. The molecule has 0 aromatic rings. The summed E-state index contributed by atoms with van der Waals surface area (Å²) in [4.78, 5) is 2.03. The van der Waals surface area contributed by atoms with Gasteiger partial charge in [-0.05, 0) is 19.8 Å². The highest BCUT2D eigenvalue weighted by molar-refractivity contribution is 7.86. The molecule has 2 saturated heterocycles. The van der Waals surface area contributed by atoms with Gasteiger partial charge in [-0.3, -0.25) is 4.90 Å². The molecular weight excluding hydrogens is 264 g/mol. The molecule has 2 fully saturated rings. The maximum absolute atomic E-state index is 12.5. The lowest BCUT2D eigenvalue weighted by Gasteiger charge is -2.38. The van der Waals surface area contributed by atoms with E-state index in [0.717, 1.165) is 19.3 Å². The van der Waals surface area contributed by atoms with Gasteiger partial charge in [0.15, 0.2) is 0 Å². The second-order valence-corrected chi connectivity index (χ2v) is 7.14. The molecule has 2 rings (SSSR count). The maximum Gasteiger partial charge on any atom is 0.282 e. The zero-order valence-electron chi connectivity index (χ0n) is 11.5. The Balaban J connectivity index is 1.95. The van der Waals surface area contributed by atoms with Crippen molar-refractivity contribution >= 4 is 10.2 Å². The highest BCUT2D eigenvalue weighted by Crippen LogP contribution is 2.18. The topological polar surface area (TPSA) is 67.6 Å². The summed E-state index contributed by atoms with van der Waals surface area (Å²) in [5, 5.41) is 8.88. The van der Waals surface area contributed by atoms with Crippen LogP contribution in [0.5, 0.6) is 0 Å². The lowest BCUT2D eigenvalue weighted by atomic mass is 10.2. The van der Waals surface area contributed by atoms with Crippen LogP contribution in [0.3, 0.4) is 0 Å². The summed E-state index contributed by atoms with van der Waals surface area (Å²) >= 11 is 0. The number of hydrogen-bond acceptors (Lipinski definition) is 4. The van der Waals surface area contributed by atoms with Crippen molar-refractivity contribution in [2.24, 2.45) is 0 Å². The molecule has 0 amide bonds. The van der Waals surface area contributed by atoms with Gasteiger partial charge in [0.1, 0.15) is 0 Å². The average Bonchev–Trinajstić information content (AvgIpc) is 2.47. The molecule has 108 valence electrons. The number of nitriles is 1. The van der Waals surface area contributed by atoms with Crippen molar-refractivity contribution in [3.05, 3.63) is 0 Å². The van der Waals surface area contributed by atoms with E-state index in [4.69, 9.17) is 5.26 Å². The molecule has 2 aliphatic heterocycles. The molecule has 1 atom stereocenters. The number of hydrogen-bond donors (Lipinski definition) is 0. The molecule has 6 nitrogen and oxygen atoms in total. The van der Waals surface area contributed by atoms with Crippen LogP contribution < -0.4 is 0 Å². The zero-order valence-corrected chi connectivity index (χ0v) is 12.3. The van der Waals surface area contributed by atoms with Crippen LogP contribution >= 0.6 is 0 Å². The monoisotopic (exact) mass is 286 g/mol. The first-order chi connectivity index (χ1) is 9.05. The van der Waals surface area contributed by atoms with Gasteiger partial charge in [0, 0.05) is 39.3 Å². The molecule has 0 saturated carbocycles. The molecule has 0 aliphatic carbocycles. The molecule has 1 unspecified atom stereocenters. The standard InChI is InChI=1S/C12H22N4O2S/c1-12(11-13)14-7-9-16(10-8-14)19(17,18)15-5-3-2-4-6-15/h12H,2-10H2,1H3. The molecule has 7 heteroatoms. The summed E-state index contributed by atoms with van der Waals surface area (Å²) in [7, 11) is -3.28. The molecular formula is C12H22N4O2S. The van der Waals surface area contributed by atoms with E-state index in [-0.39, 0.29) is 6.04 Å². The fourth-order valence-corrected chi connectivity index (χ4v) is 4.33. The Morgan fingerprint density at radius 1 is 0.947 bits per heavy atom. The molecule has 2 aliphatic rings. The van der Waals surface area contributed by atoms with Gasteiger partial charge in [0.05, 0.1) is 12.1 Å². The minimum atomic E-state index is -3.28. The predicted molar refractivity (Wildman–Crippen MR) is 72.6 cm³/mol. The van der Waals surface area contributed by atoms with Crippen molar-refractivity contribution in [2.45, 2.75) is 32.2 Å². The van der Waals surface area contributed by atoms with Crippen molar-refractivity contribution in [3.8, 4) is 6.07 Å². The van der Waals surface area contributed by atoms with Crippen molar-refractivity contribution in [3.63, 3.8) is 0 Å². The Bertz CT molecular complexity index is 431. The van der Waals surface area contributed by atoms with Crippen LogP contribution in [-0.4, -0.2) is 67.2 Å². The highest BCUT2D eigenvalue weighted by Gasteiger charge is 2.33. The van der Waals surface area contributed by atoms with Gasteiger partial charge in [-0.2, -0.15) is 22.3 Å². The Hall–Kier alpha value is -0.680. The summed E-state index contributed by atoms with van der Waals surface area (Å²) < 4.78 is 28.1. The molecule has 0 aromatic heterocycles. The van der Waals surface area contributed by atoms with Crippen molar-refractivity contribution in [1.29, 1.82) is 5.26 Å². The summed E-state index contributed by atoms with van der Waals surface area (Å²) in [5.74, 6) is 0. The van der Waals surface area contributed by atoms with E-state index in [1.54, 1.807) is 8.61 Å². The van der Waals surface area contributed by atoms with Crippen LogP contribution in [-0.2, 0) is 10.2 Å². The Morgan fingerprint density at radius 3 is 2.00 bits per heavy atom. The van der Waals surface area contributed by atoms with Gasteiger partial charge in [-0.1, -0.05) is 6.42 Å². The van der Waals surface area contributed by atoms with Crippen molar-refractivity contribution in [1.82, 2.24) is 13.5 Å². The van der Waals surface area contributed by atoms with Crippen LogP contribution in [0.25, 0.3) is 0 Å². The fourth-order valence-electron chi connectivity index (χ4n) is 2.66. The summed E-state index contributed by atoms with van der Waals surface area (Å²) in [6.07, 6.45) is 3.05. The van der Waals surface area contributed by atoms with Gasteiger partial charge < -0.3 is 0 Å². The van der Waals surface area contributed by atoms with E-state index >= 15 is 0 Å². The molecule has 0 aromatic carbocycles. The SMILES string of the molecule is CC(C#N)N1CCN(S(=O)(=O)N2CCCCC2)CC1. The quantitative estimate of drug-likeness (QED) is 0.746. The number of piperidine rings is 1. The molecule has 0 radical (unpaired) electrons. The minimum absolute atomic E-state index is 0.139. The lowest BCUT2D eigenvalue weighted by Crippen LogP contribution is -2.55. The van der Waals surface area contributed by atoms with Crippen LogP contribution in [0.1, 0.15) is 26.2 Å². The molecule has 2 heterocycles. The first-order valence-corrected chi connectivity index (χ1v) is 8.34. The zero-order chi connectivity index (χ0) is 13.9. The van der Waals surface area contributed by atoms with E-state index in [9.17, 15) is 8.42 Å². The average molecular weight is 286 g/mol. The summed E-state index contributed by atoms with van der Waals surface area (Å²) in [5.41, 5.74) is 0. The van der Waals surface area contributed by atoms with Gasteiger partial charge in [0.25, 0.3) is 10.2 Å². The van der Waals surface area contributed by atoms with Crippen LogP contribution in [0.4, 0.5) is 0 Å². The van der Waals surface area contributed by atoms with E-state index in [2.05, 4.69) is 6.07 Å². The Kier molecular flexibility index (Phi) is 4.79. The smallest absolute Gasteiger partial charge is 0.282 e. The van der Waals surface area contributed by atoms with Crippen LogP contribution in [0.2, 0.25) is 0 Å². The van der Waals surface area contributed by atoms with Gasteiger partial charge >= 0.3 is 0 Å². The number of rotatable bonds is 3. The third kappa shape index (κ3) is 3.26. The number of piperazine rings is 1. The first kappa shape index (κ1) is 14.7. The maximum atomic E-state index is 12.5. The first-order valence-electron chi connectivity index (χ1n) is 6.94. The molecule has 19 heavy (non-hydrogen) atoms. The van der Waals surface area contributed by atoms with Gasteiger partial charge in [-0.25, -0.2) is 0 Å². The minimum Gasteiger partial charge on any atom is -0.286 e. The fraction of sp³-hybridized carbons (Fsp3) is 0.917. The molecule has 0 N–H and O–H groups in total. The summed E-state index contributed by atoms with van der Waals surface area (Å²) in [6.45, 7) is 5.42. The van der Waals surface area contributed by atoms with E-state index in [1.807, 2.05) is 11.8 Å². The van der Waals surface area contributed by atoms with E-state index < -0.39 is 10.2 Å². The largest absolute Gasteiger partial charge is 0.286 e. The third-order valence-electron chi connectivity index (χ3n) is 3.98.